The molecule has 1 rings (SSSR count). The van der Waals surface area contributed by atoms with Crippen LogP contribution in [0.4, 0.5) is 4.79 Å². The van der Waals surface area contributed by atoms with Crippen LogP contribution in [0.15, 0.2) is 30.3 Å². The molecule has 0 aliphatic rings. The summed E-state index contributed by atoms with van der Waals surface area (Å²) in [6.45, 7) is 9.90. The first kappa shape index (κ1) is 22.5. The van der Waals surface area contributed by atoms with E-state index in [0.717, 1.165) is 0 Å². The van der Waals surface area contributed by atoms with E-state index in [4.69, 9.17) is 14.2 Å². The first-order chi connectivity index (χ1) is 12.4. The highest BCUT2D eigenvalue weighted by molar-refractivity contribution is 5.73. The maximum Gasteiger partial charge on any atom is 0.411 e. The number of benzene rings is 1. The molecule has 1 amide bonds. The van der Waals surface area contributed by atoms with E-state index in [1.54, 1.807) is 65.0 Å². The summed E-state index contributed by atoms with van der Waals surface area (Å²) in [6, 6.07) is 8.69. The summed E-state index contributed by atoms with van der Waals surface area (Å²) in [7, 11) is 0. The molecule has 0 aliphatic heterocycles. The van der Waals surface area contributed by atoms with E-state index in [0.29, 0.717) is 5.56 Å². The lowest BCUT2D eigenvalue weighted by Gasteiger charge is -2.35. The molecule has 0 radical (unpaired) electrons. The molecular weight excluding hydrogens is 350 g/mol. The van der Waals surface area contributed by atoms with Gasteiger partial charge in [0.2, 0.25) is 5.72 Å². The van der Waals surface area contributed by atoms with Crippen molar-refractivity contribution in [1.29, 1.82) is 0 Å². The van der Waals surface area contributed by atoms with Crippen molar-refractivity contribution in [3.8, 4) is 0 Å². The maximum absolute atomic E-state index is 12.4. The molecule has 7 heteroatoms. The quantitative estimate of drug-likeness (QED) is 0.442. The predicted molar refractivity (Wildman–Crippen MR) is 99.7 cm³/mol. The third kappa shape index (κ3) is 8.11. The number of hydrogen-bond acceptors (Lipinski definition) is 6. The van der Waals surface area contributed by atoms with Crippen molar-refractivity contribution in [3.05, 3.63) is 35.9 Å². The Morgan fingerprint density at radius 2 is 1.63 bits per heavy atom. The first-order valence-corrected chi connectivity index (χ1v) is 8.89. The molecule has 0 aromatic heterocycles. The van der Waals surface area contributed by atoms with E-state index in [2.05, 4.69) is 5.32 Å². The molecular formula is C20H29NO6. The molecule has 1 unspecified atom stereocenters. The second kappa shape index (κ2) is 9.39. The van der Waals surface area contributed by atoms with Gasteiger partial charge < -0.3 is 14.2 Å². The van der Waals surface area contributed by atoms with Crippen LogP contribution in [0.25, 0.3) is 0 Å². The van der Waals surface area contributed by atoms with Crippen LogP contribution >= 0.6 is 0 Å². The van der Waals surface area contributed by atoms with Gasteiger partial charge in [0.05, 0.1) is 12.5 Å². The van der Waals surface area contributed by atoms with Crippen LogP contribution in [0, 0.1) is 0 Å². The van der Waals surface area contributed by atoms with E-state index in [1.807, 2.05) is 0 Å². The molecule has 0 bridgehead atoms. The molecule has 0 saturated heterocycles. The van der Waals surface area contributed by atoms with Crippen LogP contribution < -0.4 is 5.32 Å². The minimum absolute atomic E-state index is 0.00138. The number of alkyl carbamates (subject to hydrolysis) is 1. The maximum atomic E-state index is 12.4. The summed E-state index contributed by atoms with van der Waals surface area (Å²) in [5.41, 5.74) is -1.77. The van der Waals surface area contributed by atoms with Gasteiger partial charge >= 0.3 is 18.0 Å². The number of ether oxygens (including phenoxy) is 3. The van der Waals surface area contributed by atoms with Crippen LogP contribution in [0.2, 0.25) is 0 Å². The normalized spacial score (nSPS) is 13.4. The van der Waals surface area contributed by atoms with Gasteiger partial charge in [-0.3, -0.25) is 14.9 Å². The third-order valence-electron chi connectivity index (χ3n) is 3.31. The van der Waals surface area contributed by atoms with Crippen molar-refractivity contribution in [2.24, 2.45) is 0 Å². The van der Waals surface area contributed by atoms with E-state index >= 15 is 0 Å². The van der Waals surface area contributed by atoms with E-state index < -0.39 is 29.4 Å². The second-order valence-electron chi connectivity index (χ2n) is 7.45. The molecule has 0 aliphatic carbocycles. The number of rotatable bonds is 7. The summed E-state index contributed by atoms with van der Waals surface area (Å²) >= 11 is 0. The van der Waals surface area contributed by atoms with Crippen LogP contribution in [-0.2, 0) is 29.5 Å². The van der Waals surface area contributed by atoms with Gasteiger partial charge in [0.15, 0.2) is 0 Å². The van der Waals surface area contributed by atoms with E-state index in [-0.39, 0.29) is 18.9 Å². The molecule has 1 N–H and O–H groups in total. The van der Waals surface area contributed by atoms with Crippen LogP contribution in [-0.4, -0.2) is 29.7 Å². The summed E-state index contributed by atoms with van der Waals surface area (Å²) in [4.78, 5) is 36.2. The van der Waals surface area contributed by atoms with Gasteiger partial charge in [-0.25, -0.2) is 4.79 Å². The average Bonchev–Trinajstić information content (AvgIpc) is 2.50. The van der Waals surface area contributed by atoms with Crippen LogP contribution in [0.3, 0.4) is 0 Å². The molecule has 0 heterocycles. The van der Waals surface area contributed by atoms with Gasteiger partial charge in [0.1, 0.15) is 5.60 Å². The Hall–Kier alpha value is -2.57. The van der Waals surface area contributed by atoms with Crippen molar-refractivity contribution >= 4 is 18.0 Å². The van der Waals surface area contributed by atoms with E-state index in [1.165, 1.54) is 6.92 Å². The van der Waals surface area contributed by atoms with Crippen LogP contribution in [0.1, 0.15) is 59.9 Å². The largest absolute Gasteiger partial charge is 0.463 e. The Balaban J connectivity index is 3.18. The number of carbonyl (C=O) groups is 3. The van der Waals surface area contributed by atoms with Gasteiger partial charge in [-0.05, 0) is 34.6 Å². The molecule has 0 fully saturated rings. The smallest absolute Gasteiger partial charge is 0.411 e. The number of amides is 1. The molecule has 1 atom stereocenters. The van der Waals surface area contributed by atoms with Gasteiger partial charge in [-0.2, -0.15) is 0 Å². The fraction of sp³-hybridized carbons (Fsp3) is 0.550. The molecule has 0 spiro atoms. The summed E-state index contributed by atoms with van der Waals surface area (Å²) in [5, 5.41) is 2.63. The van der Waals surface area contributed by atoms with Gasteiger partial charge in [-0.1, -0.05) is 30.3 Å². The number of esters is 2. The number of carbonyl (C=O) groups excluding carboxylic acids is 3. The highest BCUT2D eigenvalue weighted by atomic mass is 16.6. The van der Waals surface area contributed by atoms with Gasteiger partial charge in [0.25, 0.3) is 0 Å². The standard InChI is InChI=1S/C20H29NO6/c1-14(2)25-17(23)12-13-20(26-15(3)22,16-10-8-7-9-11-16)21-18(24)27-19(4,5)6/h7-11,14H,12-13H2,1-6H3,(H,21,24). The zero-order chi connectivity index (χ0) is 20.7. The Morgan fingerprint density at radius 3 is 2.11 bits per heavy atom. The highest BCUT2D eigenvalue weighted by Crippen LogP contribution is 2.29. The zero-order valence-electron chi connectivity index (χ0n) is 16.8. The molecule has 27 heavy (non-hydrogen) atoms. The van der Waals surface area contributed by atoms with Crippen molar-refractivity contribution < 1.29 is 28.6 Å². The SMILES string of the molecule is CC(=O)OC(CCC(=O)OC(C)C)(NC(=O)OC(C)(C)C)c1ccccc1. The third-order valence-corrected chi connectivity index (χ3v) is 3.31. The minimum Gasteiger partial charge on any atom is -0.463 e. The van der Waals surface area contributed by atoms with Gasteiger partial charge in [-0.15, -0.1) is 0 Å². The summed E-state index contributed by atoms with van der Waals surface area (Å²) in [5.74, 6) is -1.06. The van der Waals surface area contributed by atoms with Crippen molar-refractivity contribution in [2.75, 3.05) is 0 Å². The molecule has 1 aromatic carbocycles. The van der Waals surface area contributed by atoms with Gasteiger partial charge in [0, 0.05) is 18.9 Å². The Morgan fingerprint density at radius 1 is 1.04 bits per heavy atom. The Kier molecular flexibility index (Phi) is 7.82. The average molecular weight is 379 g/mol. The van der Waals surface area contributed by atoms with E-state index in [9.17, 15) is 14.4 Å². The molecule has 1 aromatic rings. The lowest BCUT2D eigenvalue weighted by Crippen LogP contribution is -2.50. The minimum atomic E-state index is -1.55. The number of hydrogen-bond donors (Lipinski definition) is 1. The van der Waals surface area contributed by atoms with Crippen molar-refractivity contribution in [3.63, 3.8) is 0 Å². The molecule has 150 valence electrons. The highest BCUT2D eigenvalue weighted by Gasteiger charge is 2.39. The van der Waals surface area contributed by atoms with Crippen LogP contribution in [0.5, 0.6) is 0 Å². The Labute approximate surface area is 160 Å². The molecule has 7 nitrogen and oxygen atoms in total. The van der Waals surface area contributed by atoms with Crippen molar-refractivity contribution in [1.82, 2.24) is 5.32 Å². The summed E-state index contributed by atoms with van der Waals surface area (Å²) in [6.07, 6.45) is -1.08. The zero-order valence-corrected chi connectivity index (χ0v) is 16.8. The molecule has 0 saturated carbocycles. The Bertz CT molecular complexity index is 650. The summed E-state index contributed by atoms with van der Waals surface area (Å²) < 4.78 is 16.0. The van der Waals surface area contributed by atoms with Crippen molar-refractivity contribution in [2.45, 2.75) is 71.8 Å². The fourth-order valence-corrected chi connectivity index (χ4v) is 2.44. The lowest BCUT2D eigenvalue weighted by atomic mass is 9.97. The fourth-order valence-electron chi connectivity index (χ4n) is 2.44. The number of nitrogens with one attached hydrogen (secondary N) is 1. The predicted octanol–water partition coefficient (Wildman–Crippen LogP) is 3.66. The first-order valence-electron chi connectivity index (χ1n) is 8.89. The second-order valence-corrected chi connectivity index (χ2v) is 7.45. The monoisotopic (exact) mass is 379 g/mol. The topological polar surface area (TPSA) is 90.9 Å². The lowest BCUT2D eigenvalue weighted by molar-refractivity contribution is -0.166.